The lowest BCUT2D eigenvalue weighted by atomic mass is 9.75. The summed E-state index contributed by atoms with van der Waals surface area (Å²) in [5.74, 6) is 1.36. The fourth-order valence-corrected chi connectivity index (χ4v) is 2.31. The number of hydrogen-bond donors (Lipinski definition) is 1. The standard InChI is InChI=1S/C14H23N3O/c1-5-14(7-6-8-14)17-13-15-11(4)9-12(16-13)18-10(2)3/h9-10H,5-8H2,1-4H3,(H,15,16,17). The van der Waals surface area contributed by atoms with E-state index in [0.29, 0.717) is 11.8 Å². The number of nitrogens with one attached hydrogen (secondary N) is 1. The Hall–Kier alpha value is -1.32. The van der Waals surface area contributed by atoms with Gasteiger partial charge in [0, 0.05) is 17.3 Å². The first-order valence-electron chi connectivity index (χ1n) is 6.83. The van der Waals surface area contributed by atoms with Gasteiger partial charge in [0.05, 0.1) is 6.10 Å². The highest BCUT2D eigenvalue weighted by Crippen LogP contribution is 2.37. The van der Waals surface area contributed by atoms with Gasteiger partial charge in [0.25, 0.3) is 0 Å². The van der Waals surface area contributed by atoms with Crippen molar-refractivity contribution in [3.8, 4) is 5.88 Å². The Balaban J connectivity index is 2.14. The van der Waals surface area contributed by atoms with E-state index in [-0.39, 0.29) is 11.6 Å². The molecule has 1 fully saturated rings. The molecule has 0 radical (unpaired) electrons. The third-order valence-electron chi connectivity index (χ3n) is 3.55. The molecule has 0 spiro atoms. The summed E-state index contributed by atoms with van der Waals surface area (Å²) in [4.78, 5) is 8.90. The van der Waals surface area contributed by atoms with Gasteiger partial charge in [0.15, 0.2) is 0 Å². The number of aromatic nitrogens is 2. The zero-order chi connectivity index (χ0) is 13.2. The van der Waals surface area contributed by atoms with E-state index in [0.717, 1.165) is 12.1 Å². The van der Waals surface area contributed by atoms with Crippen LogP contribution in [0.5, 0.6) is 5.88 Å². The van der Waals surface area contributed by atoms with E-state index in [4.69, 9.17) is 4.74 Å². The van der Waals surface area contributed by atoms with Gasteiger partial charge in [0.1, 0.15) is 0 Å². The molecular weight excluding hydrogens is 226 g/mol. The summed E-state index contributed by atoms with van der Waals surface area (Å²) in [6, 6.07) is 1.88. The molecule has 4 nitrogen and oxygen atoms in total. The molecule has 0 atom stereocenters. The molecule has 1 aromatic rings. The lowest BCUT2D eigenvalue weighted by Crippen LogP contribution is -2.44. The monoisotopic (exact) mass is 249 g/mol. The van der Waals surface area contributed by atoms with Crippen molar-refractivity contribution in [3.63, 3.8) is 0 Å². The highest BCUT2D eigenvalue weighted by atomic mass is 16.5. The Morgan fingerprint density at radius 1 is 1.39 bits per heavy atom. The molecule has 100 valence electrons. The van der Waals surface area contributed by atoms with Crippen LogP contribution in [0.2, 0.25) is 0 Å². The lowest BCUT2D eigenvalue weighted by molar-refractivity contribution is 0.231. The predicted octanol–water partition coefficient (Wildman–Crippen LogP) is 3.32. The minimum atomic E-state index is 0.135. The van der Waals surface area contributed by atoms with Crippen molar-refractivity contribution in [2.75, 3.05) is 5.32 Å². The summed E-state index contributed by atoms with van der Waals surface area (Å²) < 4.78 is 5.64. The molecule has 1 saturated carbocycles. The molecule has 1 N–H and O–H groups in total. The van der Waals surface area contributed by atoms with Crippen molar-refractivity contribution in [2.24, 2.45) is 0 Å². The normalized spacial score (nSPS) is 17.4. The third-order valence-corrected chi connectivity index (χ3v) is 3.55. The Labute approximate surface area is 109 Å². The molecule has 4 heteroatoms. The molecule has 1 aromatic heterocycles. The summed E-state index contributed by atoms with van der Waals surface area (Å²) in [7, 11) is 0. The number of anilines is 1. The van der Waals surface area contributed by atoms with Crippen molar-refractivity contribution in [3.05, 3.63) is 11.8 Å². The van der Waals surface area contributed by atoms with Gasteiger partial charge in [-0.05, 0) is 46.5 Å². The highest BCUT2D eigenvalue weighted by Gasteiger charge is 2.35. The van der Waals surface area contributed by atoms with Crippen LogP contribution in [0.25, 0.3) is 0 Å². The molecule has 0 aromatic carbocycles. The van der Waals surface area contributed by atoms with Gasteiger partial charge in [0.2, 0.25) is 11.8 Å². The molecule has 0 unspecified atom stereocenters. The summed E-state index contributed by atoms with van der Waals surface area (Å²) in [6.45, 7) is 8.20. The van der Waals surface area contributed by atoms with Crippen molar-refractivity contribution >= 4 is 5.95 Å². The van der Waals surface area contributed by atoms with Crippen LogP contribution in [0.1, 0.15) is 52.1 Å². The number of nitrogens with zero attached hydrogens (tertiary/aromatic N) is 2. The molecule has 0 aliphatic heterocycles. The van der Waals surface area contributed by atoms with E-state index < -0.39 is 0 Å². The van der Waals surface area contributed by atoms with Crippen LogP contribution < -0.4 is 10.1 Å². The second-order valence-electron chi connectivity index (χ2n) is 5.45. The topological polar surface area (TPSA) is 47.0 Å². The van der Waals surface area contributed by atoms with Crippen LogP contribution in [0.4, 0.5) is 5.95 Å². The van der Waals surface area contributed by atoms with E-state index in [1.54, 1.807) is 0 Å². The predicted molar refractivity (Wildman–Crippen MR) is 73.0 cm³/mol. The Bertz CT molecular complexity index is 408. The molecule has 0 saturated heterocycles. The molecule has 1 heterocycles. The van der Waals surface area contributed by atoms with Crippen molar-refractivity contribution in [1.82, 2.24) is 9.97 Å². The maximum Gasteiger partial charge on any atom is 0.226 e. The summed E-state index contributed by atoms with van der Waals surface area (Å²) >= 11 is 0. The van der Waals surface area contributed by atoms with Gasteiger partial charge in [-0.3, -0.25) is 0 Å². The van der Waals surface area contributed by atoms with Crippen LogP contribution in [-0.2, 0) is 0 Å². The summed E-state index contributed by atoms with van der Waals surface area (Å²) in [5, 5.41) is 3.49. The fraction of sp³-hybridized carbons (Fsp3) is 0.714. The van der Waals surface area contributed by atoms with Gasteiger partial charge in [-0.25, -0.2) is 4.98 Å². The molecular formula is C14H23N3O. The Morgan fingerprint density at radius 2 is 2.11 bits per heavy atom. The van der Waals surface area contributed by atoms with Crippen molar-refractivity contribution in [1.29, 1.82) is 0 Å². The summed E-state index contributed by atoms with van der Waals surface area (Å²) in [5.41, 5.74) is 1.15. The van der Waals surface area contributed by atoms with Crippen LogP contribution in [0.3, 0.4) is 0 Å². The number of hydrogen-bond acceptors (Lipinski definition) is 4. The van der Waals surface area contributed by atoms with Gasteiger partial charge in [-0.2, -0.15) is 4.98 Å². The van der Waals surface area contributed by atoms with Crippen LogP contribution in [0.15, 0.2) is 6.07 Å². The number of aryl methyl sites for hydroxylation is 1. The van der Waals surface area contributed by atoms with Crippen molar-refractivity contribution in [2.45, 2.75) is 65.0 Å². The average molecular weight is 249 g/mol. The highest BCUT2D eigenvalue weighted by molar-refractivity contribution is 5.35. The molecule has 2 rings (SSSR count). The van der Waals surface area contributed by atoms with Gasteiger partial charge >= 0.3 is 0 Å². The molecule has 0 bridgehead atoms. The maximum atomic E-state index is 5.64. The van der Waals surface area contributed by atoms with E-state index in [2.05, 4.69) is 22.2 Å². The quantitative estimate of drug-likeness (QED) is 0.869. The average Bonchev–Trinajstić information content (AvgIpc) is 2.21. The SMILES string of the molecule is CCC1(Nc2nc(C)cc(OC(C)C)n2)CCC1. The lowest BCUT2D eigenvalue weighted by Gasteiger charge is -2.42. The van der Waals surface area contributed by atoms with Crippen molar-refractivity contribution < 1.29 is 4.74 Å². The molecule has 1 aliphatic rings. The third kappa shape index (κ3) is 2.92. The minimum absolute atomic E-state index is 0.135. The first kappa shape index (κ1) is 13.1. The second-order valence-corrected chi connectivity index (χ2v) is 5.45. The Morgan fingerprint density at radius 3 is 2.61 bits per heavy atom. The molecule has 18 heavy (non-hydrogen) atoms. The zero-order valence-electron chi connectivity index (χ0n) is 11.8. The van der Waals surface area contributed by atoms with Gasteiger partial charge in [-0.1, -0.05) is 6.92 Å². The second kappa shape index (κ2) is 5.12. The smallest absolute Gasteiger partial charge is 0.226 e. The first-order valence-corrected chi connectivity index (χ1v) is 6.83. The van der Waals surface area contributed by atoms with E-state index >= 15 is 0 Å². The van der Waals surface area contributed by atoms with Crippen LogP contribution in [-0.4, -0.2) is 21.6 Å². The minimum Gasteiger partial charge on any atom is -0.475 e. The van der Waals surface area contributed by atoms with E-state index in [1.807, 2.05) is 26.8 Å². The Kier molecular flexibility index (Phi) is 3.73. The first-order chi connectivity index (χ1) is 8.53. The number of ether oxygens (including phenoxy) is 1. The summed E-state index contributed by atoms with van der Waals surface area (Å²) in [6.07, 6.45) is 4.96. The van der Waals surface area contributed by atoms with Crippen LogP contribution in [0, 0.1) is 6.92 Å². The van der Waals surface area contributed by atoms with E-state index in [1.165, 1.54) is 19.3 Å². The molecule has 0 amide bonds. The zero-order valence-corrected chi connectivity index (χ0v) is 11.8. The largest absolute Gasteiger partial charge is 0.475 e. The van der Waals surface area contributed by atoms with E-state index in [9.17, 15) is 0 Å². The van der Waals surface area contributed by atoms with Gasteiger partial charge < -0.3 is 10.1 Å². The number of rotatable bonds is 5. The maximum absolute atomic E-state index is 5.64. The molecule has 1 aliphatic carbocycles. The van der Waals surface area contributed by atoms with Crippen LogP contribution >= 0.6 is 0 Å². The fourth-order valence-electron chi connectivity index (χ4n) is 2.31. The van der Waals surface area contributed by atoms with Gasteiger partial charge in [-0.15, -0.1) is 0 Å².